The number of hydrogen-bond donors (Lipinski definition) is 0. The first kappa shape index (κ1) is 25.5. The molecule has 1 unspecified atom stereocenters. The fraction of sp³-hybridized carbons (Fsp3) is 0.308. The van der Waals surface area contributed by atoms with E-state index in [1.165, 1.54) is 0 Å². The van der Waals surface area contributed by atoms with E-state index in [-0.39, 0.29) is 11.3 Å². The smallest absolute Gasteiger partial charge is 0.222 e. The van der Waals surface area contributed by atoms with Crippen LogP contribution in [0.1, 0.15) is 28.7 Å². The quantitative estimate of drug-likeness (QED) is 0.232. The first-order valence-corrected chi connectivity index (χ1v) is 15.8. The SMILES string of the molecule is CN(C)C(=O)CCSC(O[Si](C)(C)C)c1cccc(/C=C/c2ccc3ccc(Cl)cc3n2)c1. The predicted molar refractivity (Wildman–Crippen MR) is 145 cm³/mol. The van der Waals surface area contributed by atoms with E-state index in [2.05, 4.69) is 56.0 Å². The Balaban J connectivity index is 1.77. The summed E-state index contributed by atoms with van der Waals surface area (Å²) >= 11 is 7.80. The zero-order valence-corrected chi connectivity index (χ0v) is 22.4. The summed E-state index contributed by atoms with van der Waals surface area (Å²) in [6, 6.07) is 18.2. The van der Waals surface area contributed by atoms with Crippen molar-refractivity contribution in [1.82, 2.24) is 9.88 Å². The molecule has 1 amide bonds. The molecule has 0 saturated carbocycles. The predicted octanol–water partition coefficient (Wildman–Crippen LogP) is 7.12. The number of nitrogens with zero attached hydrogens (tertiary/aromatic N) is 2. The van der Waals surface area contributed by atoms with E-state index in [0.717, 1.165) is 33.5 Å². The topological polar surface area (TPSA) is 42.4 Å². The van der Waals surface area contributed by atoms with Gasteiger partial charge in [-0.3, -0.25) is 4.79 Å². The standard InChI is InChI=1S/C26H31ClN2O2SSi/c1-29(2)25(30)15-16-32-26(31-33(3,4)5)21-8-6-7-19(17-21)9-13-23-14-11-20-10-12-22(27)18-24(20)28-23/h6-14,17-18,26H,15-16H2,1-5H3/b13-9+. The van der Waals surface area contributed by atoms with Crippen LogP contribution in [0.2, 0.25) is 24.7 Å². The van der Waals surface area contributed by atoms with Crippen LogP contribution < -0.4 is 0 Å². The van der Waals surface area contributed by atoms with E-state index in [9.17, 15) is 4.79 Å². The van der Waals surface area contributed by atoms with Gasteiger partial charge in [0.2, 0.25) is 5.91 Å². The molecule has 4 nitrogen and oxygen atoms in total. The fourth-order valence-corrected chi connectivity index (χ4v) is 6.11. The number of pyridine rings is 1. The summed E-state index contributed by atoms with van der Waals surface area (Å²) in [6.07, 6.45) is 4.57. The first-order chi connectivity index (χ1) is 15.6. The van der Waals surface area contributed by atoms with Crippen LogP contribution in [0, 0.1) is 0 Å². The second-order valence-corrected chi connectivity index (χ2v) is 15.1. The van der Waals surface area contributed by atoms with Gasteiger partial charge in [0, 0.05) is 36.7 Å². The highest BCUT2D eigenvalue weighted by atomic mass is 35.5. The van der Waals surface area contributed by atoms with Crippen LogP contribution in [0.15, 0.2) is 54.6 Å². The maximum absolute atomic E-state index is 12.0. The zero-order valence-electron chi connectivity index (χ0n) is 19.8. The molecular weight excluding hydrogens is 468 g/mol. The van der Waals surface area contributed by atoms with Crippen molar-refractivity contribution in [2.24, 2.45) is 0 Å². The molecule has 0 saturated heterocycles. The van der Waals surface area contributed by atoms with Gasteiger partial charge < -0.3 is 9.33 Å². The van der Waals surface area contributed by atoms with Crippen molar-refractivity contribution in [2.45, 2.75) is 31.5 Å². The Bertz CT molecular complexity index is 1140. The van der Waals surface area contributed by atoms with Crippen LogP contribution in [0.25, 0.3) is 23.1 Å². The Labute approximate surface area is 207 Å². The van der Waals surface area contributed by atoms with Gasteiger partial charge in [0.15, 0.2) is 8.32 Å². The van der Waals surface area contributed by atoms with Crippen molar-refractivity contribution >= 4 is 60.6 Å². The summed E-state index contributed by atoms with van der Waals surface area (Å²) in [5.41, 5.74) is 3.85. The molecule has 0 aliphatic heterocycles. The lowest BCUT2D eigenvalue weighted by atomic mass is 10.1. The third kappa shape index (κ3) is 8.00. The molecule has 1 heterocycles. The van der Waals surface area contributed by atoms with Crippen LogP contribution in [-0.2, 0) is 9.22 Å². The number of amides is 1. The molecule has 3 aromatic rings. The van der Waals surface area contributed by atoms with Crippen LogP contribution in [0.3, 0.4) is 0 Å². The highest BCUT2D eigenvalue weighted by molar-refractivity contribution is 7.99. The van der Waals surface area contributed by atoms with Gasteiger partial charge in [0.1, 0.15) is 5.44 Å². The van der Waals surface area contributed by atoms with E-state index < -0.39 is 8.32 Å². The monoisotopic (exact) mass is 498 g/mol. The molecule has 2 aromatic carbocycles. The number of rotatable bonds is 9. The molecule has 0 fully saturated rings. The number of fused-ring (bicyclic) bond motifs is 1. The second kappa shape index (κ2) is 11.3. The number of thioether (sulfide) groups is 1. The summed E-state index contributed by atoms with van der Waals surface area (Å²) in [6.45, 7) is 6.56. The molecule has 0 bridgehead atoms. The van der Waals surface area contributed by atoms with E-state index in [0.29, 0.717) is 11.4 Å². The number of aromatic nitrogens is 1. The van der Waals surface area contributed by atoms with Gasteiger partial charge in [-0.1, -0.05) is 48.0 Å². The van der Waals surface area contributed by atoms with E-state index in [4.69, 9.17) is 21.0 Å². The number of carbonyl (C=O) groups is 1. The van der Waals surface area contributed by atoms with Gasteiger partial charge >= 0.3 is 0 Å². The van der Waals surface area contributed by atoms with Crippen molar-refractivity contribution in [1.29, 1.82) is 0 Å². The molecule has 0 spiro atoms. The summed E-state index contributed by atoms with van der Waals surface area (Å²) in [7, 11) is 1.80. The van der Waals surface area contributed by atoms with E-state index in [1.807, 2.05) is 30.3 Å². The van der Waals surface area contributed by atoms with Crippen molar-refractivity contribution in [3.05, 3.63) is 76.4 Å². The Morgan fingerprint density at radius 2 is 1.88 bits per heavy atom. The van der Waals surface area contributed by atoms with Crippen LogP contribution in [0.4, 0.5) is 0 Å². The van der Waals surface area contributed by atoms with Crippen LogP contribution in [-0.4, -0.2) is 44.0 Å². The normalized spacial score (nSPS) is 12.9. The average Bonchev–Trinajstić information content (AvgIpc) is 2.76. The molecule has 0 aliphatic rings. The number of benzene rings is 2. The third-order valence-electron chi connectivity index (χ3n) is 4.85. The van der Waals surface area contributed by atoms with Gasteiger partial charge in [-0.05, 0) is 61.1 Å². The van der Waals surface area contributed by atoms with Gasteiger partial charge in [-0.2, -0.15) is 0 Å². The number of carbonyl (C=O) groups excluding carboxylic acids is 1. The molecule has 1 aromatic heterocycles. The van der Waals surface area contributed by atoms with E-state index in [1.54, 1.807) is 30.8 Å². The minimum atomic E-state index is -1.78. The van der Waals surface area contributed by atoms with E-state index >= 15 is 0 Å². The van der Waals surface area contributed by atoms with Crippen LogP contribution in [0.5, 0.6) is 0 Å². The summed E-state index contributed by atoms with van der Waals surface area (Å²) in [5, 5.41) is 1.75. The molecule has 3 rings (SSSR count). The molecule has 0 N–H and O–H groups in total. The van der Waals surface area contributed by atoms with Crippen LogP contribution >= 0.6 is 23.4 Å². The lowest BCUT2D eigenvalue weighted by Crippen LogP contribution is -2.27. The van der Waals surface area contributed by atoms with Gasteiger partial charge in [0.25, 0.3) is 0 Å². The Kier molecular flexibility index (Phi) is 8.76. The molecule has 33 heavy (non-hydrogen) atoms. The van der Waals surface area contributed by atoms with Crippen molar-refractivity contribution in [3.63, 3.8) is 0 Å². The molecule has 1 atom stereocenters. The Hall–Kier alpha value is -2.12. The summed E-state index contributed by atoms with van der Waals surface area (Å²) in [5.74, 6) is 0.852. The second-order valence-electron chi connectivity index (χ2n) is 9.05. The molecule has 7 heteroatoms. The molecule has 0 radical (unpaired) electrons. The van der Waals surface area contributed by atoms with Crippen molar-refractivity contribution in [2.75, 3.05) is 19.8 Å². The maximum atomic E-state index is 12.0. The maximum Gasteiger partial charge on any atom is 0.222 e. The molecule has 174 valence electrons. The highest BCUT2D eigenvalue weighted by Crippen LogP contribution is 2.34. The Morgan fingerprint density at radius 1 is 1.12 bits per heavy atom. The molecule has 0 aliphatic carbocycles. The first-order valence-electron chi connectivity index (χ1n) is 10.9. The minimum Gasteiger partial charge on any atom is -0.402 e. The van der Waals surface area contributed by atoms with Crippen molar-refractivity contribution in [3.8, 4) is 0 Å². The highest BCUT2D eigenvalue weighted by Gasteiger charge is 2.23. The molecular formula is C26H31ClN2O2SSi. The van der Waals surface area contributed by atoms with Gasteiger partial charge in [-0.25, -0.2) is 4.98 Å². The van der Waals surface area contributed by atoms with Crippen molar-refractivity contribution < 1.29 is 9.22 Å². The third-order valence-corrected chi connectivity index (χ3v) is 7.31. The summed E-state index contributed by atoms with van der Waals surface area (Å²) < 4.78 is 6.47. The van der Waals surface area contributed by atoms with Gasteiger partial charge in [0.05, 0.1) is 11.2 Å². The Morgan fingerprint density at radius 3 is 2.61 bits per heavy atom. The minimum absolute atomic E-state index is 0.0964. The lowest BCUT2D eigenvalue weighted by molar-refractivity contribution is -0.128. The lowest BCUT2D eigenvalue weighted by Gasteiger charge is -2.26. The average molecular weight is 499 g/mol. The number of halogens is 1. The largest absolute Gasteiger partial charge is 0.402 e. The zero-order chi connectivity index (χ0) is 24.0. The number of hydrogen-bond acceptors (Lipinski definition) is 4. The summed E-state index contributed by atoms with van der Waals surface area (Å²) in [4.78, 5) is 18.3. The van der Waals surface area contributed by atoms with Gasteiger partial charge in [-0.15, -0.1) is 11.8 Å². The fourth-order valence-electron chi connectivity index (χ4n) is 3.19.